The van der Waals surface area contributed by atoms with Crippen molar-refractivity contribution in [3.63, 3.8) is 0 Å². The lowest BCUT2D eigenvalue weighted by Gasteiger charge is -2.37. The van der Waals surface area contributed by atoms with Gasteiger partial charge in [0.2, 0.25) is 0 Å². The molecule has 1 aliphatic rings. The third-order valence-electron chi connectivity index (χ3n) is 5.32. The van der Waals surface area contributed by atoms with Gasteiger partial charge in [0.25, 0.3) is 5.56 Å². The first kappa shape index (κ1) is 19.1. The van der Waals surface area contributed by atoms with Crippen LogP contribution in [0.4, 0.5) is 4.79 Å². The zero-order valence-electron chi connectivity index (χ0n) is 15.6. The minimum atomic E-state index is -1.17. The van der Waals surface area contributed by atoms with Gasteiger partial charge in [-0.2, -0.15) is 5.10 Å². The molecule has 1 aromatic carbocycles. The van der Waals surface area contributed by atoms with Gasteiger partial charge in [-0.05, 0) is 30.5 Å². The average molecular weight is 399 g/mol. The molecule has 29 heavy (non-hydrogen) atoms. The van der Waals surface area contributed by atoms with Crippen LogP contribution >= 0.6 is 0 Å². The Bertz CT molecular complexity index is 1110. The first-order valence-electron chi connectivity index (χ1n) is 9.24. The summed E-state index contributed by atoms with van der Waals surface area (Å²) < 4.78 is 2.87. The number of likely N-dealkylation sites (tertiary alicyclic amines) is 1. The van der Waals surface area contributed by atoms with E-state index in [4.69, 9.17) is 5.11 Å². The fourth-order valence-electron chi connectivity index (χ4n) is 3.63. The van der Waals surface area contributed by atoms with Crippen molar-refractivity contribution in [1.29, 1.82) is 0 Å². The van der Waals surface area contributed by atoms with Gasteiger partial charge < -0.3 is 20.2 Å². The molecule has 1 fully saturated rings. The Hall–Kier alpha value is -3.24. The minimum absolute atomic E-state index is 0.0351. The van der Waals surface area contributed by atoms with Crippen molar-refractivity contribution < 1.29 is 20.1 Å². The Balaban J connectivity index is 1.62. The molecule has 10 nitrogen and oxygen atoms in total. The SMILES string of the molecule is O=C(O)N1CCC(O)(Cn2cnc3c(cnn3-c3cccc(CO)c3)c2=O)CC1. The number of carboxylic acid groups (broad SMARTS) is 1. The molecular formula is C19H21N5O5. The van der Waals surface area contributed by atoms with Crippen LogP contribution in [0.5, 0.6) is 0 Å². The molecule has 0 atom stereocenters. The van der Waals surface area contributed by atoms with Gasteiger partial charge in [-0.15, -0.1) is 0 Å². The van der Waals surface area contributed by atoms with E-state index in [1.54, 1.807) is 24.3 Å². The van der Waals surface area contributed by atoms with Crippen molar-refractivity contribution in [1.82, 2.24) is 24.2 Å². The third-order valence-corrected chi connectivity index (χ3v) is 5.32. The summed E-state index contributed by atoms with van der Waals surface area (Å²) in [6.45, 7) is 0.364. The number of amides is 1. The first-order chi connectivity index (χ1) is 13.9. The number of hydrogen-bond acceptors (Lipinski definition) is 6. The van der Waals surface area contributed by atoms with Gasteiger partial charge in [-0.3, -0.25) is 9.36 Å². The first-order valence-corrected chi connectivity index (χ1v) is 9.24. The number of nitrogens with zero attached hydrogens (tertiary/aromatic N) is 5. The highest BCUT2D eigenvalue weighted by Crippen LogP contribution is 2.24. The molecular weight excluding hydrogens is 378 g/mol. The van der Waals surface area contributed by atoms with Crippen LogP contribution < -0.4 is 5.56 Å². The average Bonchev–Trinajstić information content (AvgIpc) is 3.15. The smallest absolute Gasteiger partial charge is 0.407 e. The Labute approximate surface area is 165 Å². The molecule has 152 valence electrons. The van der Waals surface area contributed by atoms with Crippen LogP contribution in [0.3, 0.4) is 0 Å². The monoisotopic (exact) mass is 399 g/mol. The molecule has 1 saturated heterocycles. The fourth-order valence-corrected chi connectivity index (χ4v) is 3.63. The van der Waals surface area contributed by atoms with Crippen molar-refractivity contribution in [2.45, 2.75) is 31.6 Å². The molecule has 0 spiro atoms. The normalized spacial score (nSPS) is 16.3. The van der Waals surface area contributed by atoms with E-state index in [1.165, 1.54) is 26.7 Å². The Morgan fingerprint density at radius 3 is 2.69 bits per heavy atom. The topological polar surface area (TPSA) is 134 Å². The van der Waals surface area contributed by atoms with Gasteiger partial charge in [0.05, 0.1) is 30.6 Å². The molecule has 3 aromatic rings. The lowest BCUT2D eigenvalue weighted by Crippen LogP contribution is -2.49. The molecule has 1 aliphatic heterocycles. The Morgan fingerprint density at radius 1 is 1.24 bits per heavy atom. The van der Waals surface area contributed by atoms with Crippen LogP contribution in [0.1, 0.15) is 18.4 Å². The van der Waals surface area contributed by atoms with Crippen molar-refractivity contribution in [3.05, 3.63) is 52.7 Å². The molecule has 3 N–H and O–H groups in total. The van der Waals surface area contributed by atoms with Gasteiger partial charge in [0.1, 0.15) is 11.7 Å². The van der Waals surface area contributed by atoms with Gasteiger partial charge in [-0.25, -0.2) is 14.5 Å². The second kappa shape index (κ2) is 7.30. The van der Waals surface area contributed by atoms with E-state index in [1.807, 2.05) is 0 Å². The van der Waals surface area contributed by atoms with Crippen LogP contribution in [0.2, 0.25) is 0 Å². The standard InChI is InChI=1S/C19H21N5O5/c25-10-13-2-1-3-14(8-13)24-16-15(9-21-24)17(26)23(12-20-16)11-19(29)4-6-22(7-5-19)18(27)28/h1-3,8-9,12,25,29H,4-7,10-11H2,(H,27,28). The zero-order valence-corrected chi connectivity index (χ0v) is 15.6. The number of fused-ring (bicyclic) bond motifs is 1. The van der Waals surface area contributed by atoms with E-state index in [0.29, 0.717) is 16.7 Å². The van der Waals surface area contributed by atoms with Gasteiger partial charge >= 0.3 is 6.09 Å². The van der Waals surface area contributed by atoms with Crippen LogP contribution in [0.15, 0.2) is 41.6 Å². The van der Waals surface area contributed by atoms with Crippen LogP contribution in [0.25, 0.3) is 16.7 Å². The molecule has 0 aliphatic carbocycles. The number of hydrogen-bond donors (Lipinski definition) is 3. The predicted octanol–water partition coefficient (Wildman–Crippen LogP) is 0.579. The summed E-state index contributed by atoms with van der Waals surface area (Å²) in [7, 11) is 0. The molecule has 2 aromatic heterocycles. The minimum Gasteiger partial charge on any atom is -0.465 e. The van der Waals surface area contributed by atoms with Crippen molar-refractivity contribution >= 4 is 17.1 Å². The van der Waals surface area contributed by atoms with Gasteiger partial charge in [0.15, 0.2) is 5.65 Å². The summed E-state index contributed by atoms with van der Waals surface area (Å²) in [6.07, 6.45) is 2.29. The Morgan fingerprint density at radius 2 is 2.00 bits per heavy atom. The number of aromatic nitrogens is 4. The molecule has 0 unspecified atom stereocenters. The maximum absolute atomic E-state index is 12.9. The predicted molar refractivity (Wildman–Crippen MR) is 103 cm³/mol. The maximum atomic E-state index is 12.9. The van der Waals surface area contributed by atoms with Crippen LogP contribution in [-0.4, -0.2) is 64.3 Å². The zero-order chi connectivity index (χ0) is 20.6. The van der Waals surface area contributed by atoms with Crippen LogP contribution in [0, 0.1) is 0 Å². The van der Waals surface area contributed by atoms with E-state index in [-0.39, 0.29) is 44.6 Å². The molecule has 3 heterocycles. The summed E-state index contributed by atoms with van der Waals surface area (Å²) in [4.78, 5) is 29.6. The van der Waals surface area contributed by atoms with Crippen LogP contribution in [-0.2, 0) is 13.2 Å². The largest absolute Gasteiger partial charge is 0.465 e. The summed E-state index contributed by atoms with van der Waals surface area (Å²) in [6, 6.07) is 7.14. The van der Waals surface area contributed by atoms with Gasteiger partial charge in [-0.1, -0.05) is 12.1 Å². The number of benzene rings is 1. The fraction of sp³-hybridized carbons (Fsp3) is 0.368. The summed E-state index contributed by atoms with van der Waals surface area (Å²) in [5, 5.41) is 33.8. The summed E-state index contributed by atoms with van der Waals surface area (Å²) in [5.74, 6) is 0. The van der Waals surface area contributed by atoms with Crippen molar-refractivity contribution in [2.75, 3.05) is 13.1 Å². The lowest BCUT2D eigenvalue weighted by molar-refractivity contribution is -0.0303. The van der Waals surface area contributed by atoms with E-state index in [0.717, 1.165) is 5.56 Å². The molecule has 10 heteroatoms. The van der Waals surface area contributed by atoms with E-state index < -0.39 is 11.7 Å². The Kier molecular flexibility index (Phi) is 4.81. The van der Waals surface area contributed by atoms with E-state index in [9.17, 15) is 19.8 Å². The van der Waals surface area contributed by atoms with E-state index in [2.05, 4.69) is 10.1 Å². The highest BCUT2D eigenvalue weighted by Gasteiger charge is 2.34. The number of piperidine rings is 1. The summed E-state index contributed by atoms with van der Waals surface area (Å²) in [5.41, 5.74) is 0.282. The highest BCUT2D eigenvalue weighted by molar-refractivity contribution is 5.75. The molecule has 4 rings (SSSR count). The van der Waals surface area contributed by atoms with Crippen molar-refractivity contribution in [3.8, 4) is 5.69 Å². The van der Waals surface area contributed by atoms with E-state index >= 15 is 0 Å². The lowest BCUT2D eigenvalue weighted by atomic mass is 9.91. The molecule has 0 bridgehead atoms. The quantitative estimate of drug-likeness (QED) is 0.584. The molecule has 1 amide bonds. The van der Waals surface area contributed by atoms with Gasteiger partial charge in [0, 0.05) is 13.1 Å². The number of aliphatic hydroxyl groups excluding tert-OH is 1. The molecule has 0 saturated carbocycles. The third kappa shape index (κ3) is 3.59. The second-order valence-electron chi connectivity index (χ2n) is 7.29. The number of carbonyl (C=O) groups is 1. The number of aliphatic hydroxyl groups is 2. The second-order valence-corrected chi connectivity index (χ2v) is 7.29. The number of rotatable bonds is 4. The molecule has 0 radical (unpaired) electrons. The maximum Gasteiger partial charge on any atom is 0.407 e. The van der Waals surface area contributed by atoms with Crippen molar-refractivity contribution in [2.24, 2.45) is 0 Å². The summed E-state index contributed by atoms with van der Waals surface area (Å²) >= 11 is 0. The highest BCUT2D eigenvalue weighted by atomic mass is 16.4.